The first-order valence-corrected chi connectivity index (χ1v) is 5.58. The highest BCUT2D eigenvalue weighted by Crippen LogP contribution is 2.18. The van der Waals surface area contributed by atoms with Crippen LogP contribution in [0.1, 0.15) is 6.92 Å². The zero-order chi connectivity index (χ0) is 12.3. The molecule has 2 rings (SSSR count). The molecule has 1 aliphatic heterocycles. The van der Waals surface area contributed by atoms with Crippen molar-refractivity contribution in [2.24, 2.45) is 5.92 Å². The third-order valence-corrected chi connectivity index (χ3v) is 2.62. The second-order valence-electron chi connectivity index (χ2n) is 4.13. The molecule has 1 aromatic rings. The molecule has 17 heavy (non-hydrogen) atoms. The number of nitrogens with one attached hydrogen (secondary N) is 1. The highest BCUT2D eigenvalue weighted by molar-refractivity contribution is 5.84. The van der Waals surface area contributed by atoms with Crippen molar-refractivity contribution < 1.29 is 9.53 Å². The summed E-state index contributed by atoms with van der Waals surface area (Å²) in [5.74, 6) is 0.484. The van der Waals surface area contributed by atoms with Gasteiger partial charge in [0, 0.05) is 0 Å². The third-order valence-electron chi connectivity index (χ3n) is 2.62. The number of allylic oxidation sites excluding steroid dienone is 1. The molecule has 1 amide bonds. The largest absolute Gasteiger partial charge is 0.498 e. The number of anilines is 1. The predicted molar refractivity (Wildman–Crippen MR) is 66.2 cm³/mol. The van der Waals surface area contributed by atoms with Crippen LogP contribution in [0.3, 0.4) is 0 Å². The van der Waals surface area contributed by atoms with E-state index in [-0.39, 0.29) is 11.8 Å². The summed E-state index contributed by atoms with van der Waals surface area (Å²) in [4.78, 5) is 11.7. The van der Waals surface area contributed by atoms with Crippen LogP contribution < -0.4 is 10.4 Å². The molecule has 0 radical (unpaired) electrons. The van der Waals surface area contributed by atoms with Gasteiger partial charge in [-0.05, 0) is 19.1 Å². The van der Waals surface area contributed by atoms with Gasteiger partial charge in [-0.1, -0.05) is 24.8 Å². The van der Waals surface area contributed by atoms with Crippen LogP contribution >= 0.6 is 0 Å². The Bertz CT molecular complexity index is 417. The molecule has 1 fully saturated rings. The maximum atomic E-state index is 11.7. The number of rotatable bonds is 4. The lowest BCUT2D eigenvalue weighted by molar-refractivity contribution is -0.123. The molecule has 4 heteroatoms. The smallest absolute Gasteiger partial charge is 0.246 e. The van der Waals surface area contributed by atoms with E-state index in [4.69, 9.17) is 4.74 Å². The number of hydrazine groups is 1. The number of hydrogen-bond acceptors (Lipinski definition) is 3. The fourth-order valence-electron chi connectivity index (χ4n) is 1.72. The Morgan fingerprint density at radius 3 is 2.88 bits per heavy atom. The number of ether oxygens (including phenoxy) is 1. The Kier molecular flexibility index (Phi) is 3.32. The minimum Gasteiger partial charge on any atom is -0.498 e. The number of nitrogens with zero attached hydrogens (tertiary/aromatic N) is 1. The fraction of sp³-hybridized carbons (Fsp3) is 0.308. The van der Waals surface area contributed by atoms with Gasteiger partial charge in [0.15, 0.2) is 0 Å². The lowest BCUT2D eigenvalue weighted by Gasteiger charge is -2.17. The van der Waals surface area contributed by atoms with Crippen molar-refractivity contribution in [1.82, 2.24) is 5.43 Å². The normalized spacial score (nSPS) is 19.0. The Morgan fingerprint density at radius 2 is 2.24 bits per heavy atom. The van der Waals surface area contributed by atoms with Gasteiger partial charge in [0.25, 0.3) is 0 Å². The maximum Gasteiger partial charge on any atom is 0.246 e. The zero-order valence-electron chi connectivity index (χ0n) is 9.85. The number of amides is 1. The third kappa shape index (κ3) is 2.78. The van der Waals surface area contributed by atoms with E-state index in [0.29, 0.717) is 18.9 Å². The molecule has 0 aliphatic carbocycles. The van der Waals surface area contributed by atoms with E-state index in [9.17, 15) is 4.79 Å². The van der Waals surface area contributed by atoms with Gasteiger partial charge in [-0.3, -0.25) is 15.2 Å². The zero-order valence-corrected chi connectivity index (χ0v) is 9.85. The van der Waals surface area contributed by atoms with Crippen LogP contribution in [0.15, 0.2) is 42.7 Å². The van der Waals surface area contributed by atoms with Crippen molar-refractivity contribution in [3.8, 4) is 0 Å². The Morgan fingerprint density at radius 1 is 1.53 bits per heavy atom. The van der Waals surface area contributed by atoms with Crippen LogP contribution in [0, 0.1) is 5.92 Å². The Hall–Kier alpha value is -1.97. The molecule has 1 aromatic carbocycles. The van der Waals surface area contributed by atoms with Crippen molar-refractivity contribution in [3.63, 3.8) is 0 Å². The molecule has 1 heterocycles. The van der Waals surface area contributed by atoms with E-state index in [0.717, 1.165) is 5.69 Å². The molecule has 4 nitrogen and oxygen atoms in total. The molecule has 0 spiro atoms. The van der Waals surface area contributed by atoms with Crippen molar-refractivity contribution in [2.75, 3.05) is 18.2 Å². The van der Waals surface area contributed by atoms with Crippen LogP contribution in [-0.2, 0) is 9.53 Å². The van der Waals surface area contributed by atoms with Crippen LogP contribution in [0.2, 0.25) is 0 Å². The van der Waals surface area contributed by atoms with Gasteiger partial charge >= 0.3 is 0 Å². The lowest BCUT2D eigenvalue weighted by Crippen LogP contribution is -2.32. The molecule has 1 saturated heterocycles. The van der Waals surface area contributed by atoms with Crippen LogP contribution in [-0.4, -0.2) is 19.1 Å². The number of carbonyl (C=O) groups excluding carboxylic acids is 1. The fourth-order valence-corrected chi connectivity index (χ4v) is 1.72. The minimum atomic E-state index is -0.146. The summed E-state index contributed by atoms with van der Waals surface area (Å²) >= 11 is 0. The summed E-state index contributed by atoms with van der Waals surface area (Å²) in [6, 6.07) is 9.76. The van der Waals surface area contributed by atoms with Gasteiger partial charge in [-0.25, -0.2) is 0 Å². The van der Waals surface area contributed by atoms with Crippen molar-refractivity contribution >= 4 is 11.6 Å². The van der Waals surface area contributed by atoms with Gasteiger partial charge in [-0.15, -0.1) is 0 Å². The van der Waals surface area contributed by atoms with Gasteiger partial charge < -0.3 is 4.74 Å². The predicted octanol–water partition coefficient (Wildman–Crippen LogP) is 1.70. The summed E-state index contributed by atoms with van der Waals surface area (Å²) < 4.78 is 5.30. The quantitative estimate of drug-likeness (QED) is 0.803. The van der Waals surface area contributed by atoms with Crippen molar-refractivity contribution in [1.29, 1.82) is 0 Å². The number of benzene rings is 1. The highest BCUT2D eigenvalue weighted by Gasteiger charge is 2.31. The molecule has 1 aliphatic rings. The lowest BCUT2D eigenvalue weighted by atomic mass is 10.1. The van der Waals surface area contributed by atoms with E-state index in [1.165, 1.54) is 0 Å². The highest BCUT2D eigenvalue weighted by atomic mass is 16.5. The number of hydrogen-bond donors (Lipinski definition) is 1. The van der Waals surface area contributed by atoms with Crippen LogP contribution in [0.5, 0.6) is 0 Å². The molecule has 0 bridgehead atoms. The molecule has 90 valence electrons. The van der Waals surface area contributed by atoms with E-state index in [1.807, 2.05) is 35.3 Å². The van der Waals surface area contributed by atoms with Crippen LogP contribution in [0.25, 0.3) is 0 Å². The SMILES string of the molecule is C=C(C)OCC1CN(c2ccccc2)NC1=O. The van der Waals surface area contributed by atoms with E-state index in [2.05, 4.69) is 12.0 Å². The van der Waals surface area contributed by atoms with Gasteiger partial charge in [0.05, 0.1) is 23.9 Å². The first-order valence-electron chi connectivity index (χ1n) is 5.58. The van der Waals surface area contributed by atoms with E-state index < -0.39 is 0 Å². The average molecular weight is 232 g/mol. The molecular formula is C13H16N2O2. The van der Waals surface area contributed by atoms with E-state index in [1.54, 1.807) is 6.92 Å². The summed E-state index contributed by atoms with van der Waals surface area (Å²) in [5.41, 5.74) is 3.81. The summed E-state index contributed by atoms with van der Waals surface area (Å²) in [7, 11) is 0. The standard InChI is InChI=1S/C13H16N2O2/c1-10(2)17-9-11-8-15(14-13(11)16)12-6-4-3-5-7-12/h3-7,11H,1,8-9H2,2H3,(H,14,16). The monoisotopic (exact) mass is 232 g/mol. The number of carbonyl (C=O) groups is 1. The maximum absolute atomic E-state index is 11.7. The second-order valence-corrected chi connectivity index (χ2v) is 4.13. The summed E-state index contributed by atoms with van der Waals surface area (Å²) in [6.07, 6.45) is 0. The molecule has 1 N–H and O–H groups in total. The minimum absolute atomic E-state index is 0.00453. The molecular weight excluding hydrogens is 216 g/mol. The second kappa shape index (κ2) is 4.91. The molecule has 1 atom stereocenters. The van der Waals surface area contributed by atoms with Gasteiger partial charge in [0.1, 0.15) is 6.61 Å². The molecule has 1 unspecified atom stereocenters. The Labute approximate surface area is 101 Å². The average Bonchev–Trinajstić information content (AvgIpc) is 2.69. The topological polar surface area (TPSA) is 41.6 Å². The van der Waals surface area contributed by atoms with Crippen LogP contribution in [0.4, 0.5) is 5.69 Å². The first kappa shape index (κ1) is 11.5. The van der Waals surface area contributed by atoms with Gasteiger partial charge in [-0.2, -0.15) is 0 Å². The number of para-hydroxylation sites is 1. The van der Waals surface area contributed by atoms with Crippen molar-refractivity contribution in [3.05, 3.63) is 42.7 Å². The van der Waals surface area contributed by atoms with E-state index >= 15 is 0 Å². The Balaban J connectivity index is 1.97. The van der Waals surface area contributed by atoms with Gasteiger partial charge in [0.2, 0.25) is 5.91 Å². The van der Waals surface area contributed by atoms with Crippen molar-refractivity contribution in [2.45, 2.75) is 6.92 Å². The molecule has 0 saturated carbocycles. The first-order chi connectivity index (χ1) is 8.16. The summed E-state index contributed by atoms with van der Waals surface area (Å²) in [6.45, 7) is 6.43. The molecule has 0 aromatic heterocycles. The summed E-state index contributed by atoms with van der Waals surface area (Å²) in [5, 5.41) is 1.84.